The van der Waals surface area contributed by atoms with Crippen LogP contribution in [0.1, 0.15) is 75.1 Å². The van der Waals surface area contributed by atoms with Crippen LogP contribution >= 0.6 is 12.2 Å². The van der Waals surface area contributed by atoms with Gasteiger partial charge in [0.15, 0.2) is 5.11 Å². The standard InChI is InChI=1S/C21H30N2O3S/c1-2-3-4-8-15-26-20(25)17-11-13-18(14-12-17)22-21(27)23-19(24)16-9-6-5-7-10-16/h11-14,16H,2-10,15H2,1H3,(H2,22,23,24,27). The number of anilines is 1. The summed E-state index contributed by atoms with van der Waals surface area (Å²) < 4.78 is 5.27. The van der Waals surface area contributed by atoms with Gasteiger partial charge in [-0.15, -0.1) is 0 Å². The highest BCUT2D eigenvalue weighted by Gasteiger charge is 2.21. The topological polar surface area (TPSA) is 67.4 Å². The number of benzene rings is 1. The lowest BCUT2D eigenvalue weighted by Crippen LogP contribution is -2.38. The molecular weight excluding hydrogens is 360 g/mol. The van der Waals surface area contributed by atoms with Gasteiger partial charge in [0.05, 0.1) is 12.2 Å². The van der Waals surface area contributed by atoms with Gasteiger partial charge in [-0.1, -0.05) is 45.4 Å². The quantitative estimate of drug-likeness (QED) is 0.378. The van der Waals surface area contributed by atoms with Crippen molar-refractivity contribution in [2.75, 3.05) is 11.9 Å². The molecule has 0 spiro atoms. The minimum Gasteiger partial charge on any atom is -0.462 e. The predicted molar refractivity (Wildman–Crippen MR) is 112 cm³/mol. The number of unbranched alkanes of at least 4 members (excludes halogenated alkanes) is 3. The molecule has 6 heteroatoms. The van der Waals surface area contributed by atoms with Gasteiger partial charge in [0.2, 0.25) is 5.91 Å². The van der Waals surface area contributed by atoms with E-state index in [-0.39, 0.29) is 22.9 Å². The predicted octanol–water partition coefficient (Wildman–Crippen LogP) is 4.82. The highest BCUT2D eigenvalue weighted by atomic mass is 32.1. The van der Waals surface area contributed by atoms with Gasteiger partial charge in [-0.3, -0.25) is 4.79 Å². The number of thiocarbonyl (C=S) groups is 1. The van der Waals surface area contributed by atoms with E-state index in [9.17, 15) is 9.59 Å². The largest absolute Gasteiger partial charge is 0.462 e. The summed E-state index contributed by atoms with van der Waals surface area (Å²) in [5.74, 6) is -0.255. The molecule has 1 aromatic carbocycles. The first kappa shape index (κ1) is 21.4. The minimum atomic E-state index is -0.314. The molecule has 1 fully saturated rings. The summed E-state index contributed by atoms with van der Waals surface area (Å²) in [6.07, 6.45) is 9.58. The van der Waals surface area contributed by atoms with Gasteiger partial charge in [-0.2, -0.15) is 0 Å². The third kappa shape index (κ3) is 7.67. The molecule has 1 saturated carbocycles. The Bertz CT molecular complexity index is 625. The number of carbonyl (C=O) groups excluding carboxylic acids is 2. The van der Waals surface area contributed by atoms with E-state index in [1.807, 2.05) is 0 Å². The molecule has 0 bridgehead atoms. The van der Waals surface area contributed by atoms with Crippen LogP contribution in [0.2, 0.25) is 0 Å². The van der Waals surface area contributed by atoms with Gasteiger partial charge in [-0.05, 0) is 55.7 Å². The molecule has 27 heavy (non-hydrogen) atoms. The van der Waals surface area contributed by atoms with Crippen molar-refractivity contribution in [3.8, 4) is 0 Å². The summed E-state index contributed by atoms with van der Waals surface area (Å²) in [6, 6.07) is 6.91. The molecule has 0 aromatic heterocycles. The van der Waals surface area contributed by atoms with Crippen LogP contribution in [0.4, 0.5) is 5.69 Å². The minimum absolute atomic E-state index is 0.00419. The Balaban J connectivity index is 1.74. The van der Waals surface area contributed by atoms with Gasteiger partial charge in [0, 0.05) is 11.6 Å². The Morgan fingerprint density at radius 2 is 1.78 bits per heavy atom. The lowest BCUT2D eigenvalue weighted by atomic mass is 9.89. The van der Waals surface area contributed by atoms with Gasteiger partial charge >= 0.3 is 5.97 Å². The monoisotopic (exact) mass is 390 g/mol. The third-order valence-corrected chi connectivity index (χ3v) is 5.03. The molecule has 148 valence electrons. The zero-order chi connectivity index (χ0) is 19.5. The number of amides is 1. The molecule has 0 unspecified atom stereocenters. The molecule has 1 amide bonds. The Labute approximate surface area is 167 Å². The third-order valence-electron chi connectivity index (χ3n) is 4.82. The first-order valence-electron chi connectivity index (χ1n) is 9.99. The van der Waals surface area contributed by atoms with E-state index in [2.05, 4.69) is 17.6 Å². The Hall–Kier alpha value is -1.95. The fraction of sp³-hybridized carbons (Fsp3) is 0.571. The fourth-order valence-electron chi connectivity index (χ4n) is 3.21. The summed E-state index contributed by atoms with van der Waals surface area (Å²) >= 11 is 5.22. The van der Waals surface area contributed by atoms with E-state index in [1.54, 1.807) is 24.3 Å². The van der Waals surface area contributed by atoms with Crippen LogP contribution in [-0.4, -0.2) is 23.6 Å². The lowest BCUT2D eigenvalue weighted by Gasteiger charge is -2.21. The molecule has 2 rings (SSSR count). The summed E-state index contributed by atoms with van der Waals surface area (Å²) in [5, 5.41) is 6.05. The maximum absolute atomic E-state index is 12.2. The Kier molecular flexibility index (Phi) is 9.25. The van der Waals surface area contributed by atoms with Crippen molar-refractivity contribution >= 4 is 34.9 Å². The van der Waals surface area contributed by atoms with E-state index in [4.69, 9.17) is 17.0 Å². The number of esters is 1. The smallest absolute Gasteiger partial charge is 0.338 e. The van der Waals surface area contributed by atoms with Crippen LogP contribution in [0.5, 0.6) is 0 Å². The number of carbonyl (C=O) groups is 2. The summed E-state index contributed by atoms with van der Waals surface area (Å²) in [4.78, 5) is 24.2. The average Bonchev–Trinajstić information content (AvgIpc) is 2.68. The molecular formula is C21H30N2O3S. The highest BCUT2D eigenvalue weighted by molar-refractivity contribution is 7.80. The van der Waals surface area contributed by atoms with Crippen molar-refractivity contribution in [1.29, 1.82) is 0 Å². The van der Waals surface area contributed by atoms with E-state index in [0.717, 1.165) is 57.1 Å². The maximum Gasteiger partial charge on any atom is 0.338 e. The number of hydrogen-bond acceptors (Lipinski definition) is 4. The number of rotatable bonds is 8. The zero-order valence-corrected chi connectivity index (χ0v) is 16.9. The number of nitrogens with one attached hydrogen (secondary N) is 2. The van der Waals surface area contributed by atoms with Crippen molar-refractivity contribution in [2.45, 2.75) is 64.7 Å². The van der Waals surface area contributed by atoms with Gasteiger partial charge < -0.3 is 15.4 Å². The first-order valence-corrected chi connectivity index (χ1v) is 10.4. The second-order valence-electron chi connectivity index (χ2n) is 7.05. The van der Waals surface area contributed by atoms with Crippen LogP contribution in [0.15, 0.2) is 24.3 Å². The van der Waals surface area contributed by atoms with E-state index < -0.39 is 0 Å². The van der Waals surface area contributed by atoms with Crippen LogP contribution in [0.3, 0.4) is 0 Å². The van der Waals surface area contributed by atoms with Gasteiger partial charge in [0.25, 0.3) is 0 Å². The van der Waals surface area contributed by atoms with Gasteiger partial charge in [-0.25, -0.2) is 4.79 Å². The summed E-state index contributed by atoms with van der Waals surface area (Å²) in [6.45, 7) is 2.60. The molecule has 5 nitrogen and oxygen atoms in total. The van der Waals surface area contributed by atoms with Crippen molar-refractivity contribution in [3.05, 3.63) is 29.8 Å². The van der Waals surface area contributed by atoms with Crippen LogP contribution in [-0.2, 0) is 9.53 Å². The molecule has 0 atom stereocenters. The number of hydrogen-bond donors (Lipinski definition) is 2. The van der Waals surface area contributed by atoms with Crippen molar-refractivity contribution in [3.63, 3.8) is 0 Å². The van der Waals surface area contributed by atoms with Gasteiger partial charge in [0.1, 0.15) is 0 Å². The van der Waals surface area contributed by atoms with Crippen molar-refractivity contribution < 1.29 is 14.3 Å². The summed E-state index contributed by atoms with van der Waals surface area (Å²) in [7, 11) is 0. The molecule has 2 N–H and O–H groups in total. The SMILES string of the molecule is CCCCCCOC(=O)c1ccc(NC(=S)NC(=O)C2CCCCC2)cc1. The summed E-state index contributed by atoms with van der Waals surface area (Å²) in [5.41, 5.74) is 1.23. The number of ether oxygens (including phenoxy) is 1. The molecule has 0 heterocycles. The molecule has 0 aliphatic heterocycles. The van der Waals surface area contributed by atoms with Crippen molar-refractivity contribution in [1.82, 2.24) is 5.32 Å². The maximum atomic E-state index is 12.2. The van der Waals surface area contributed by atoms with E-state index in [0.29, 0.717) is 12.2 Å². The van der Waals surface area contributed by atoms with Crippen molar-refractivity contribution in [2.24, 2.45) is 5.92 Å². The lowest BCUT2D eigenvalue weighted by molar-refractivity contribution is -0.124. The first-order chi connectivity index (χ1) is 13.1. The second-order valence-corrected chi connectivity index (χ2v) is 7.46. The molecule has 1 aliphatic rings. The highest BCUT2D eigenvalue weighted by Crippen LogP contribution is 2.23. The normalized spacial score (nSPS) is 14.4. The molecule has 1 aliphatic carbocycles. The van der Waals surface area contributed by atoms with Crippen LogP contribution < -0.4 is 10.6 Å². The van der Waals surface area contributed by atoms with E-state index in [1.165, 1.54) is 6.42 Å². The van der Waals surface area contributed by atoms with Crippen LogP contribution in [0, 0.1) is 5.92 Å². The zero-order valence-electron chi connectivity index (χ0n) is 16.1. The fourth-order valence-corrected chi connectivity index (χ4v) is 3.43. The molecule has 0 radical (unpaired) electrons. The Morgan fingerprint density at radius 3 is 2.44 bits per heavy atom. The molecule has 0 saturated heterocycles. The van der Waals surface area contributed by atoms with Crippen LogP contribution in [0.25, 0.3) is 0 Å². The Morgan fingerprint density at radius 1 is 1.07 bits per heavy atom. The second kappa shape index (κ2) is 11.7. The average molecular weight is 391 g/mol. The molecule has 1 aromatic rings. The van der Waals surface area contributed by atoms with E-state index >= 15 is 0 Å².